The van der Waals surface area contributed by atoms with Crippen molar-refractivity contribution in [2.45, 2.75) is 72.8 Å². The van der Waals surface area contributed by atoms with Gasteiger partial charge in [0, 0.05) is 55.3 Å². The molecular weight excluding hydrogens is 324 g/mol. The lowest BCUT2D eigenvalue weighted by atomic mass is 9.78. The van der Waals surface area contributed by atoms with Crippen LogP contribution in [0.1, 0.15) is 71.3 Å². The highest BCUT2D eigenvalue weighted by Gasteiger charge is 2.43. The van der Waals surface area contributed by atoms with Crippen LogP contribution in [-0.2, 0) is 17.8 Å². The Morgan fingerprint density at radius 1 is 1.27 bits per heavy atom. The first-order chi connectivity index (χ1) is 12.3. The summed E-state index contributed by atoms with van der Waals surface area (Å²) in [5.41, 5.74) is 1.25. The zero-order valence-corrected chi connectivity index (χ0v) is 17.1. The van der Waals surface area contributed by atoms with Gasteiger partial charge < -0.3 is 9.88 Å². The molecule has 5 nitrogen and oxygen atoms in total. The van der Waals surface area contributed by atoms with Gasteiger partial charge in [0.15, 0.2) is 0 Å². The molecular formula is C21H36N4O. The number of aryl methyl sites for hydroxylation is 1. The molecule has 1 spiro atoms. The van der Waals surface area contributed by atoms with Gasteiger partial charge in [-0.3, -0.25) is 9.69 Å². The van der Waals surface area contributed by atoms with Crippen LogP contribution in [0.4, 0.5) is 0 Å². The number of carbonyl (C=O) groups excluding carboxylic acids is 1. The lowest BCUT2D eigenvalue weighted by molar-refractivity contribution is -0.143. The number of hydrogen-bond donors (Lipinski definition) is 1. The number of amides is 1. The molecule has 3 heterocycles. The van der Waals surface area contributed by atoms with Crippen LogP contribution in [-0.4, -0.2) is 51.9 Å². The normalized spacial score (nSPS) is 24.5. The Kier molecular flexibility index (Phi) is 5.75. The number of piperidine rings is 1. The van der Waals surface area contributed by atoms with Crippen molar-refractivity contribution in [2.24, 2.45) is 10.8 Å². The number of nitrogens with one attached hydrogen (secondary N) is 1. The Morgan fingerprint density at radius 3 is 2.81 bits per heavy atom. The summed E-state index contributed by atoms with van der Waals surface area (Å²) in [5, 5.41) is 0. The lowest BCUT2D eigenvalue weighted by Crippen LogP contribution is -2.50. The van der Waals surface area contributed by atoms with Gasteiger partial charge in [-0.05, 0) is 32.2 Å². The number of imidazole rings is 1. The van der Waals surface area contributed by atoms with Crippen molar-refractivity contribution in [1.29, 1.82) is 0 Å². The number of nitrogens with zero attached hydrogens (tertiary/aromatic N) is 3. The average molecular weight is 361 g/mol. The monoisotopic (exact) mass is 360 g/mol. The third kappa shape index (κ3) is 4.48. The summed E-state index contributed by atoms with van der Waals surface area (Å²) in [4.78, 5) is 25.4. The van der Waals surface area contributed by atoms with Crippen LogP contribution in [0.15, 0.2) is 6.20 Å². The summed E-state index contributed by atoms with van der Waals surface area (Å²) in [6.45, 7) is 13.4. The predicted molar refractivity (Wildman–Crippen MR) is 105 cm³/mol. The number of H-pyrrole nitrogens is 1. The maximum Gasteiger partial charge on any atom is 0.227 e. The van der Waals surface area contributed by atoms with Gasteiger partial charge in [-0.2, -0.15) is 0 Å². The number of unbranched alkanes of at least 4 members (excludes halogenated alkanes) is 1. The van der Waals surface area contributed by atoms with E-state index in [2.05, 4.69) is 26.7 Å². The largest absolute Gasteiger partial charge is 0.345 e. The molecule has 0 saturated carbocycles. The van der Waals surface area contributed by atoms with Gasteiger partial charge in [-0.15, -0.1) is 0 Å². The molecule has 1 aromatic rings. The summed E-state index contributed by atoms with van der Waals surface area (Å²) in [6, 6.07) is 0. The molecule has 146 valence electrons. The van der Waals surface area contributed by atoms with Crippen LogP contribution in [0.25, 0.3) is 0 Å². The van der Waals surface area contributed by atoms with Crippen LogP contribution in [0.3, 0.4) is 0 Å². The van der Waals surface area contributed by atoms with E-state index in [0.717, 1.165) is 51.4 Å². The third-order valence-electron chi connectivity index (χ3n) is 5.95. The summed E-state index contributed by atoms with van der Waals surface area (Å²) < 4.78 is 0. The SMILES string of the molecule is CCCCc1ncc(CN2CCC3(CCCN(C(=O)C(C)(C)C)C3)C2)[nH]1. The van der Waals surface area contributed by atoms with Gasteiger partial charge in [-0.1, -0.05) is 34.1 Å². The second-order valence-corrected chi connectivity index (χ2v) is 9.50. The van der Waals surface area contributed by atoms with Gasteiger partial charge in [0.2, 0.25) is 5.91 Å². The first kappa shape index (κ1) is 19.4. The van der Waals surface area contributed by atoms with E-state index in [-0.39, 0.29) is 5.41 Å². The number of aromatic amines is 1. The molecule has 1 amide bonds. The van der Waals surface area contributed by atoms with Crippen LogP contribution < -0.4 is 0 Å². The Hall–Kier alpha value is -1.36. The van der Waals surface area contributed by atoms with E-state index in [1.54, 1.807) is 0 Å². The van der Waals surface area contributed by atoms with E-state index in [1.165, 1.54) is 31.4 Å². The van der Waals surface area contributed by atoms with E-state index < -0.39 is 0 Å². The van der Waals surface area contributed by atoms with Crippen LogP contribution in [0, 0.1) is 10.8 Å². The van der Waals surface area contributed by atoms with Crippen LogP contribution in [0.2, 0.25) is 0 Å². The van der Waals surface area contributed by atoms with Gasteiger partial charge in [0.25, 0.3) is 0 Å². The fraction of sp³-hybridized carbons (Fsp3) is 0.810. The summed E-state index contributed by atoms with van der Waals surface area (Å²) in [6.07, 6.45) is 9.04. The minimum Gasteiger partial charge on any atom is -0.345 e. The second-order valence-electron chi connectivity index (χ2n) is 9.50. The van der Waals surface area contributed by atoms with E-state index in [9.17, 15) is 4.79 Å². The molecule has 5 heteroatoms. The van der Waals surface area contributed by atoms with Gasteiger partial charge >= 0.3 is 0 Å². The highest BCUT2D eigenvalue weighted by Crippen LogP contribution is 2.40. The second kappa shape index (κ2) is 7.71. The molecule has 0 aliphatic carbocycles. The maximum absolute atomic E-state index is 12.7. The average Bonchev–Trinajstić information content (AvgIpc) is 3.19. The molecule has 26 heavy (non-hydrogen) atoms. The van der Waals surface area contributed by atoms with Crippen LogP contribution in [0.5, 0.6) is 0 Å². The predicted octanol–water partition coefficient (Wildman–Crippen LogP) is 3.61. The van der Waals surface area contributed by atoms with E-state index >= 15 is 0 Å². The van der Waals surface area contributed by atoms with Gasteiger partial charge in [0.05, 0.1) is 0 Å². The van der Waals surface area contributed by atoms with Crippen molar-refractivity contribution in [3.8, 4) is 0 Å². The molecule has 0 radical (unpaired) electrons. The Bertz CT molecular complexity index is 618. The third-order valence-corrected chi connectivity index (χ3v) is 5.95. The summed E-state index contributed by atoms with van der Waals surface area (Å²) in [5.74, 6) is 1.43. The molecule has 1 atom stereocenters. The highest BCUT2D eigenvalue weighted by molar-refractivity contribution is 5.81. The minimum absolute atomic E-state index is 0.276. The summed E-state index contributed by atoms with van der Waals surface area (Å²) >= 11 is 0. The van der Waals surface area contributed by atoms with E-state index in [0.29, 0.717) is 11.3 Å². The quantitative estimate of drug-likeness (QED) is 0.873. The van der Waals surface area contributed by atoms with Crippen molar-refractivity contribution in [2.75, 3.05) is 26.2 Å². The van der Waals surface area contributed by atoms with E-state index in [1.807, 2.05) is 27.0 Å². The first-order valence-corrected chi connectivity index (χ1v) is 10.4. The summed E-state index contributed by atoms with van der Waals surface area (Å²) in [7, 11) is 0. The van der Waals surface area contributed by atoms with Gasteiger partial charge in [0.1, 0.15) is 5.82 Å². The zero-order valence-electron chi connectivity index (χ0n) is 17.1. The van der Waals surface area contributed by atoms with Crippen molar-refractivity contribution < 1.29 is 4.79 Å². The number of aromatic nitrogens is 2. The molecule has 1 aromatic heterocycles. The van der Waals surface area contributed by atoms with Gasteiger partial charge in [-0.25, -0.2) is 4.98 Å². The number of likely N-dealkylation sites (tertiary alicyclic amines) is 2. The molecule has 3 rings (SSSR count). The topological polar surface area (TPSA) is 52.2 Å². The Balaban J connectivity index is 1.57. The number of rotatable bonds is 5. The Morgan fingerprint density at radius 2 is 2.08 bits per heavy atom. The molecule has 0 bridgehead atoms. The molecule has 0 aromatic carbocycles. The smallest absolute Gasteiger partial charge is 0.227 e. The van der Waals surface area contributed by atoms with Crippen molar-refractivity contribution in [3.63, 3.8) is 0 Å². The minimum atomic E-state index is -0.276. The molecule has 1 unspecified atom stereocenters. The maximum atomic E-state index is 12.7. The highest BCUT2D eigenvalue weighted by atomic mass is 16.2. The molecule has 2 aliphatic rings. The zero-order chi connectivity index (χ0) is 18.8. The standard InChI is InChI=1S/C21H36N4O/c1-5-6-8-18-22-13-17(23-18)14-24-12-10-21(15-24)9-7-11-25(16-21)19(26)20(2,3)4/h13H,5-12,14-16H2,1-4H3,(H,22,23). The first-order valence-electron chi connectivity index (χ1n) is 10.4. The molecule has 1 N–H and O–H groups in total. The molecule has 2 aliphatic heterocycles. The van der Waals surface area contributed by atoms with Crippen LogP contribution >= 0.6 is 0 Å². The van der Waals surface area contributed by atoms with Crippen molar-refractivity contribution >= 4 is 5.91 Å². The van der Waals surface area contributed by atoms with E-state index in [4.69, 9.17) is 0 Å². The number of carbonyl (C=O) groups is 1. The lowest BCUT2D eigenvalue weighted by Gasteiger charge is -2.42. The molecule has 2 fully saturated rings. The van der Waals surface area contributed by atoms with Crippen molar-refractivity contribution in [1.82, 2.24) is 19.8 Å². The fourth-order valence-corrected chi connectivity index (χ4v) is 4.55. The Labute approximate surface area is 158 Å². The number of hydrogen-bond acceptors (Lipinski definition) is 3. The van der Waals surface area contributed by atoms with Crippen molar-refractivity contribution in [3.05, 3.63) is 17.7 Å². The molecule has 2 saturated heterocycles. The fourth-order valence-electron chi connectivity index (χ4n) is 4.55.